The number of benzene rings is 1. The zero-order valence-corrected chi connectivity index (χ0v) is 13.8. The van der Waals surface area contributed by atoms with Gasteiger partial charge in [-0.2, -0.15) is 0 Å². The van der Waals surface area contributed by atoms with E-state index in [4.69, 9.17) is 0 Å². The van der Waals surface area contributed by atoms with Gasteiger partial charge in [-0.1, -0.05) is 43.2 Å². The molecule has 0 unspecified atom stereocenters. The number of likely N-dealkylation sites (tertiary alicyclic amines) is 1. The molecule has 1 aliphatic rings. The highest BCUT2D eigenvalue weighted by molar-refractivity contribution is 5.78. The lowest BCUT2D eigenvalue weighted by atomic mass is 10.0. The molecule has 2 rings (SSSR count). The third-order valence-electron chi connectivity index (χ3n) is 4.18. The normalized spacial score (nSPS) is 16.5. The molecule has 3 nitrogen and oxygen atoms in total. The fraction of sp³-hybridized carbons (Fsp3) is 0.611. The molecule has 1 amide bonds. The molecule has 0 atom stereocenters. The maximum absolute atomic E-state index is 12.0. The van der Waals surface area contributed by atoms with Gasteiger partial charge in [-0.25, -0.2) is 0 Å². The summed E-state index contributed by atoms with van der Waals surface area (Å²) in [7, 11) is 0. The summed E-state index contributed by atoms with van der Waals surface area (Å²) in [5, 5.41) is 3.64. The van der Waals surface area contributed by atoms with Gasteiger partial charge in [-0.15, -0.1) is 0 Å². The van der Waals surface area contributed by atoms with Gasteiger partial charge in [-0.05, 0) is 32.3 Å². The first kappa shape index (κ1) is 16.0. The van der Waals surface area contributed by atoms with Crippen molar-refractivity contribution in [1.82, 2.24) is 10.2 Å². The Bertz CT molecular complexity index is 468. The highest BCUT2D eigenvalue weighted by Gasteiger charge is 2.23. The molecule has 0 radical (unpaired) electrons. The lowest BCUT2D eigenvalue weighted by molar-refractivity contribution is -0.135. The summed E-state index contributed by atoms with van der Waals surface area (Å²) in [4.78, 5) is 14.0. The SMILES string of the molecule is Cc1cc(C)cc(CNC2CCN(C(=O)C(C)C)CC2)c1. The average Bonchev–Trinajstić information content (AvgIpc) is 2.44. The molecule has 1 aromatic rings. The molecule has 21 heavy (non-hydrogen) atoms. The minimum absolute atomic E-state index is 0.116. The lowest BCUT2D eigenvalue weighted by Crippen LogP contribution is -2.45. The zero-order chi connectivity index (χ0) is 15.4. The van der Waals surface area contributed by atoms with Crippen LogP contribution >= 0.6 is 0 Å². The summed E-state index contributed by atoms with van der Waals surface area (Å²) in [6.45, 7) is 11.0. The highest BCUT2D eigenvalue weighted by atomic mass is 16.2. The highest BCUT2D eigenvalue weighted by Crippen LogP contribution is 2.15. The first-order valence-corrected chi connectivity index (χ1v) is 8.05. The summed E-state index contributed by atoms with van der Waals surface area (Å²) in [5.41, 5.74) is 4.00. The van der Waals surface area contributed by atoms with E-state index >= 15 is 0 Å². The van der Waals surface area contributed by atoms with Crippen molar-refractivity contribution in [2.24, 2.45) is 5.92 Å². The smallest absolute Gasteiger partial charge is 0.225 e. The van der Waals surface area contributed by atoms with E-state index in [0.29, 0.717) is 11.9 Å². The van der Waals surface area contributed by atoms with Crippen molar-refractivity contribution in [1.29, 1.82) is 0 Å². The van der Waals surface area contributed by atoms with E-state index in [9.17, 15) is 4.79 Å². The molecular weight excluding hydrogens is 260 g/mol. The van der Waals surface area contributed by atoms with Gasteiger partial charge in [-0.3, -0.25) is 4.79 Å². The Labute approximate surface area is 128 Å². The molecule has 116 valence electrons. The minimum atomic E-state index is 0.116. The van der Waals surface area contributed by atoms with Gasteiger partial charge in [0.2, 0.25) is 5.91 Å². The molecule has 0 bridgehead atoms. The second kappa shape index (κ2) is 7.08. The standard InChI is InChI=1S/C18H28N2O/c1-13(2)18(21)20-7-5-17(6-8-20)19-12-16-10-14(3)9-15(4)11-16/h9-11,13,17,19H,5-8,12H2,1-4H3. The Morgan fingerprint density at radius 3 is 2.29 bits per heavy atom. The first-order valence-electron chi connectivity index (χ1n) is 8.05. The molecule has 1 aromatic carbocycles. The molecule has 1 saturated heterocycles. The third kappa shape index (κ3) is 4.57. The number of carbonyl (C=O) groups is 1. The van der Waals surface area contributed by atoms with Gasteiger partial charge in [0.05, 0.1) is 0 Å². The van der Waals surface area contributed by atoms with Crippen molar-refractivity contribution in [3.8, 4) is 0 Å². The number of nitrogens with one attached hydrogen (secondary N) is 1. The molecule has 1 aliphatic heterocycles. The van der Waals surface area contributed by atoms with Crippen LogP contribution in [0.1, 0.15) is 43.4 Å². The number of piperidine rings is 1. The van der Waals surface area contributed by atoms with Crippen molar-refractivity contribution in [2.45, 2.75) is 53.1 Å². The van der Waals surface area contributed by atoms with Crippen molar-refractivity contribution < 1.29 is 4.79 Å². The number of carbonyl (C=O) groups excluding carboxylic acids is 1. The van der Waals surface area contributed by atoms with E-state index in [1.54, 1.807) is 0 Å². The van der Waals surface area contributed by atoms with Crippen LogP contribution in [0.4, 0.5) is 0 Å². The number of hydrogen-bond donors (Lipinski definition) is 1. The van der Waals surface area contributed by atoms with Crippen LogP contribution in [-0.2, 0) is 11.3 Å². The molecular formula is C18H28N2O. The van der Waals surface area contributed by atoms with Crippen molar-refractivity contribution in [2.75, 3.05) is 13.1 Å². The summed E-state index contributed by atoms with van der Waals surface area (Å²) < 4.78 is 0. The Kier molecular flexibility index (Phi) is 5.40. The number of aryl methyl sites for hydroxylation is 2. The van der Waals surface area contributed by atoms with Gasteiger partial charge in [0.15, 0.2) is 0 Å². The summed E-state index contributed by atoms with van der Waals surface area (Å²) in [6, 6.07) is 7.23. The molecule has 0 aromatic heterocycles. The molecule has 1 heterocycles. The maximum Gasteiger partial charge on any atom is 0.225 e. The van der Waals surface area contributed by atoms with E-state index < -0.39 is 0 Å². The quantitative estimate of drug-likeness (QED) is 0.923. The van der Waals surface area contributed by atoms with Crippen LogP contribution in [0, 0.1) is 19.8 Å². The Morgan fingerprint density at radius 1 is 1.19 bits per heavy atom. The predicted molar refractivity (Wildman–Crippen MR) is 87.2 cm³/mol. The Morgan fingerprint density at radius 2 is 1.76 bits per heavy atom. The van der Waals surface area contributed by atoms with Crippen molar-refractivity contribution in [3.05, 3.63) is 34.9 Å². The van der Waals surface area contributed by atoms with Crippen LogP contribution in [0.5, 0.6) is 0 Å². The molecule has 3 heteroatoms. The van der Waals surface area contributed by atoms with Gasteiger partial charge < -0.3 is 10.2 Å². The van der Waals surface area contributed by atoms with E-state index in [1.807, 2.05) is 18.7 Å². The average molecular weight is 288 g/mol. The third-order valence-corrected chi connectivity index (χ3v) is 4.18. The topological polar surface area (TPSA) is 32.3 Å². The van der Waals surface area contributed by atoms with Crippen molar-refractivity contribution >= 4 is 5.91 Å². The second-order valence-corrected chi connectivity index (χ2v) is 6.63. The number of amides is 1. The van der Waals surface area contributed by atoms with Crippen LogP contribution in [0.2, 0.25) is 0 Å². The maximum atomic E-state index is 12.0. The summed E-state index contributed by atoms with van der Waals surface area (Å²) >= 11 is 0. The van der Waals surface area contributed by atoms with Gasteiger partial charge in [0.25, 0.3) is 0 Å². The van der Waals surface area contributed by atoms with E-state index in [-0.39, 0.29) is 5.92 Å². The first-order chi connectivity index (χ1) is 9.95. The summed E-state index contributed by atoms with van der Waals surface area (Å²) in [5.74, 6) is 0.410. The Hall–Kier alpha value is -1.35. The molecule has 0 aliphatic carbocycles. The number of hydrogen-bond acceptors (Lipinski definition) is 2. The zero-order valence-electron chi connectivity index (χ0n) is 13.8. The number of nitrogens with zero attached hydrogens (tertiary/aromatic N) is 1. The van der Waals surface area contributed by atoms with Crippen LogP contribution in [-0.4, -0.2) is 29.9 Å². The Balaban J connectivity index is 1.80. The predicted octanol–water partition coefficient (Wildman–Crippen LogP) is 3.04. The number of rotatable bonds is 4. The van der Waals surface area contributed by atoms with Crippen molar-refractivity contribution in [3.63, 3.8) is 0 Å². The molecule has 1 fully saturated rings. The second-order valence-electron chi connectivity index (χ2n) is 6.63. The van der Waals surface area contributed by atoms with Crippen LogP contribution in [0.25, 0.3) is 0 Å². The van der Waals surface area contributed by atoms with E-state index in [2.05, 4.69) is 37.4 Å². The van der Waals surface area contributed by atoms with Gasteiger partial charge >= 0.3 is 0 Å². The monoisotopic (exact) mass is 288 g/mol. The van der Waals surface area contributed by atoms with E-state index in [1.165, 1.54) is 16.7 Å². The molecule has 1 N–H and O–H groups in total. The summed E-state index contributed by atoms with van der Waals surface area (Å²) in [6.07, 6.45) is 2.12. The largest absolute Gasteiger partial charge is 0.342 e. The van der Waals surface area contributed by atoms with Gasteiger partial charge in [0.1, 0.15) is 0 Å². The fourth-order valence-electron chi connectivity index (χ4n) is 3.10. The lowest BCUT2D eigenvalue weighted by Gasteiger charge is -2.33. The van der Waals surface area contributed by atoms with Crippen LogP contribution in [0.3, 0.4) is 0 Å². The fourth-order valence-corrected chi connectivity index (χ4v) is 3.10. The van der Waals surface area contributed by atoms with Gasteiger partial charge in [0, 0.05) is 31.6 Å². The molecule has 0 spiro atoms. The van der Waals surface area contributed by atoms with Crippen LogP contribution in [0.15, 0.2) is 18.2 Å². The molecule has 0 saturated carbocycles. The minimum Gasteiger partial charge on any atom is -0.342 e. The van der Waals surface area contributed by atoms with Crippen LogP contribution < -0.4 is 5.32 Å². The van der Waals surface area contributed by atoms with E-state index in [0.717, 1.165) is 32.5 Å².